The van der Waals surface area contributed by atoms with Gasteiger partial charge in [0, 0.05) is 24.3 Å². The van der Waals surface area contributed by atoms with Gasteiger partial charge in [-0.3, -0.25) is 0 Å². The van der Waals surface area contributed by atoms with Crippen molar-refractivity contribution in [2.45, 2.75) is 44.4 Å². The number of hydrogen-bond acceptors (Lipinski definition) is 3. The zero-order valence-corrected chi connectivity index (χ0v) is 11.8. The Labute approximate surface area is 122 Å². The normalized spacial score (nSPS) is 23.0. The van der Waals surface area contributed by atoms with Gasteiger partial charge < -0.3 is 10.6 Å². The first-order chi connectivity index (χ1) is 9.88. The molecule has 2 N–H and O–H groups in total. The number of alkyl halides is 3. The number of nitrogens with zero attached hydrogens (tertiary/aromatic N) is 2. The van der Waals surface area contributed by atoms with Crippen LogP contribution in [0, 0.1) is 11.3 Å². The molecule has 1 aliphatic heterocycles. The molecule has 0 aliphatic carbocycles. The van der Waals surface area contributed by atoms with Gasteiger partial charge in [0.1, 0.15) is 0 Å². The largest absolute Gasteiger partial charge is 0.417 e. The number of piperidine rings is 1. The first-order valence-corrected chi connectivity index (χ1v) is 6.98. The van der Waals surface area contributed by atoms with Crippen molar-refractivity contribution in [1.29, 1.82) is 5.26 Å². The summed E-state index contributed by atoms with van der Waals surface area (Å²) in [6.45, 7) is 2.48. The Hall–Kier alpha value is -1.74. The summed E-state index contributed by atoms with van der Waals surface area (Å²) >= 11 is 0. The Kier molecular flexibility index (Phi) is 4.43. The van der Waals surface area contributed by atoms with Gasteiger partial charge in [-0.2, -0.15) is 18.4 Å². The molecule has 2 rings (SSSR count). The Morgan fingerprint density at radius 3 is 2.67 bits per heavy atom. The van der Waals surface area contributed by atoms with E-state index in [1.165, 1.54) is 12.1 Å². The molecule has 1 fully saturated rings. The first-order valence-electron chi connectivity index (χ1n) is 6.98. The highest BCUT2D eigenvalue weighted by Crippen LogP contribution is 2.36. The van der Waals surface area contributed by atoms with Crippen molar-refractivity contribution < 1.29 is 13.2 Å². The summed E-state index contributed by atoms with van der Waals surface area (Å²) in [6.07, 6.45) is -1.56. The van der Waals surface area contributed by atoms with Gasteiger partial charge in [-0.15, -0.1) is 0 Å². The highest BCUT2D eigenvalue weighted by atomic mass is 19.4. The smallest absolute Gasteiger partial charge is 0.365 e. The number of halogens is 3. The van der Waals surface area contributed by atoms with E-state index in [-0.39, 0.29) is 17.6 Å². The van der Waals surface area contributed by atoms with Gasteiger partial charge in [0.15, 0.2) is 0 Å². The van der Waals surface area contributed by atoms with Gasteiger partial charge in [0.2, 0.25) is 0 Å². The molecule has 3 nitrogen and oxygen atoms in total. The fraction of sp³-hybridized carbons (Fsp3) is 0.533. The number of benzene rings is 1. The standard InChI is InChI=1S/C15H18F3N3/c1-10-3-2-4-13(9-20)21(10)12-5-6-14(15(16,17)18)11(7-12)8-19/h5-7,10,13H,2-4,9,20H2,1H3. The van der Waals surface area contributed by atoms with Crippen LogP contribution in [-0.2, 0) is 6.18 Å². The Morgan fingerprint density at radius 2 is 2.10 bits per heavy atom. The zero-order valence-electron chi connectivity index (χ0n) is 11.8. The molecule has 1 saturated heterocycles. The van der Waals surface area contributed by atoms with Crippen LogP contribution in [0.5, 0.6) is 0 Å². The molecule has 114 valence electrons. The highest BCUT2D eigenvalue weighted by Gasteiger charge is 2.35. The lowest BCUT2D eigenvalue weighted by Gasteiger charge is -2.42. The van der Waals surface area contributed by atoms with E-state index in [9.17, 15) is 13.2 Å². The minimum atomic E-state index is -4.51. The van der Waals surface area contributed by atoms with Gasteiger partial charge in [-0.25, -0.2) is 0 Å². The van der Waals surface area contributed by atoms with Gasteiger partial charge in [-0.1, -0.05) is 0 Å². The Bertz CT molecular complexity index is 548. The molecule has 0 saturated carbocycles. The average Bonchev–Trinajstić information content (AvgIpc) is 2.45. The molecule has 0 amide bonds. The van der Waals surface area contributed by atoms with E-state index in [0.717, 1.165) is 25.3 Å². The summed E-state index contributed by atoms with van der Waals surface area (Å²) in [5, 5.41) is 9.00. The molecule has 1 heterocycles. The summed E-state index contributed by atoms with van der Waals surface area (Å²) < 4.78 is 38.5. The van der Waals surface area contributed by atoms with Crippen molar-refractivity contribution in [3.63, 3.8) is 0 Å². The Balaban J connectivity index is 2.42. The number of nitrogens with two attached hydrogens (primary N) is 1. The number of nitriles is 1. The van der Waals surface area contributed by atoms with Crippen molar-refractivity contribution in [3.05, 3.63) is 29.3 Å². The summed E-state index contributed by atoms with van der Waals surface area (Å²) in [7, 11) is 0. The maximum atomic E-state index is 12.8. The van der Waals surface area contributed by atoms with Gasteiger partial charge in [0.05, 0.1) is 17.2 Å². The first kappa shape index (κ1) is 15.6. The van der Waals surface area contributed by atoms with Crippen LogP contribution < -0.4 is 10.6 Å². The molecule has 1 aliphatic rings. The lowest BCUT2D eigenvalue weighted by atomic mass is 9.94. The van der Waals surface area contributed by atoms with Crippen molar-refractivity contribution in [3.8, 4) is 6.07 Å². The molecule has 2 unspecified atom stereocenters. The van der Waals surface area contributed by atoms with Crippen molar-refractivity contribution in [2.75, 3.05) is 11.4 Å². The van der Waals surface area contributed by atoms with Crippen LogP contribution in [0.2, 0.25) is 0 Å². The fourth-order valence-electron chi connectivity index (χ4n) is 3.02. The minimum absolute atomic E-state index is 0.108. The molecular formula is C15H18F3N3. The number of anilines is 1. The highest BCUT2D eigenvalue weighted by molar-refractivity contribution is 5.56. The van der Waals surface area contributed by atoms with Gasteiger partial charge >= 0.3 is 6.18 Å². The van der Waals surface area contributed by atoms with E-state index in [4.69, 9.17) is 11.0 Å². The second-order valence-electron chi connectivity index (χ2n) is 5.42. The SMILES string of the molecule is CC1CCCC(CN)N1c1ccc(C(F)(F)F)c(C#N)c1. The molecule has 0 bridgehead atoms. The maximum Gasteiger partial charge on any atom is 0.417 e. The van der Waals surface area contributed by atoms with Crippen LogP contribution in [0.25, 0.3) is 0 Å². The lowest BCUT2D eigenvalue weighted by Crippen LogP contribution is -2.49. The fourth-order valence-corrected chi connectivity index (χ4v) is 3.02. The van der Waals surface area contributed by atoms with E-state index in [1.807, 2.05) is 11.8 Å². The third kappa shape index (κ3) is 3.13. The van der Waals surface area contributed by atoms with Gasteiger partial charge in [-0.05, 0) is 44.4 Å². The molecule has 1 aromatic carbocycles. The molecule has 1 aromatic rings. The van der Waals surface area contributed by atoms with Crippen LogP contribution in [0.3, 0.4) is 0 Å². The van der Waals surface area contributed by atoms with Crippen LogP contribution in [0.1, 0.15) is 37.3 Å². The van der Waals surface area contributed by atoms with Crippen LogP contribution >= 0.6 is 0 Å². The maximum absolute atomic E-state index is 12.8. The predicted molar refractivity (Wildman–Crippen MR) is 74.8 cm³/mol. The van der Waals surface area contributed by atoms with Crippen molar-refractivity contribution >= 4 is 5.69 Å². The summed E-state index contributed by atoms with van der Waals surface area (Å²) in [5.41, 5.74) is 5.19. The van der Waals surface area contributed by atoms with Crippen LogP contribution in [0.4, 0.5) is 18.9 Å². The number of hydrogen-bond donors (Lipinski definition) is 1. The van der Waals surface area contributed by atoms with E-state index in [0.29, 0.717) is 12.2 Å². The van der Waals surface area contributed by atoms with Crippen molar-refractivity contribution in [1.82, 2.24) is 0 Å². The van der Waals surface area contributed by atoms with Crippen molar-refractivity contribution in [2.24, 2.45) is 5.73 Å². The van der Waals surface area contributed by atoms with E-state index < -0.39 is 11.7 Å². The molecule has 6 heteroatoms. The molecule has 0 spiro atoms. The third-order valence-corrected chi connectivity index (χ3v) is 4.03. The monoisotopic (exact) mass is 297 g/mol. The average molecular weight is 297 g/mol. The molecular weight excluding hydrogens is 279 g/mol. The molecule has 2 atom stereocenters. The quantitative estimate of drug-likeness (QED) is 0.911. The summed E-state index contributed by atoms with van der Waals surface area (Å²) in [5.74, 6) is 0. The lowest BCUT2D eigenvalue weighted by molar-refractivity contribution is -0.137. The van der Waals surface area contributed by atoms with Crippen LogP contribution in [-0.4, -0.2) is 18.6 Å². The molecule has 0 radical (unpaired) electrons. The second-order valence-corrected chi connectivity index (χ2v) is 5.42. The molecule has 21 heavy (non-hydrogen) atoms. The number of rotatable bonds is 2. The Morgan fingerprint density at radius 1 is 1.38 bits per heavy atom. The summed E-state index contributed by atoms with van der Waals surface area (Å²) in [4.78, 5) is 2.05. The van der Waals surface area contributed by atoms with E-state index in [2.05, 4.69) is 0 Å². The van der Waals surface area contributed by atoms with Gasteiger partial charge in [0.25, 0.3) is 0 Å². The predicted octanol–water partition coefficient (Wildman–Crippen LogP) is 3.28. The minimum Gasteiger partial charge on any atom is -0.365 e. The zero-order chi connectivity index (χ0) is 15.6. The van der Waals surface area contributed by atoms with E-state index in [1.54, 1.807) is 6.07 Å². The topological polar surface area (TPSA) is 53.0 Å². The third-order valence-electron chi connectivity index (χ3n) is 4.03. The summed E-state index contributed by atoms with van der Waals surface area (Å²) in [6, 6.07) is 5.72. The van der Waals surface area contributed by atoms with Crippen LogP contribution in [0.15, 0.2) is 18.2 Å². The second kappa shape index (κ2) is 5.94. The molecule has 0 aromatic heterocycles. The van der Waals surface area contributed by atoms with E-state index >= 15 is 0 Å².